The standard InChI is InChI=1S/C12H16O6/c1-5-8(3-7(14)4-13)9(12(17)18)11(16)6(2)10(5)15/h7,13-16H,3-4H2,1-2H3,(H,17,18)/t7-/m1/s1. The number of aliphatic hydroxyl groups is 2. The van der Waals surface area contributed by atoms with E-state index >= 15 is 0 Å². The molecule has 5 N–H and O–H groups in total. The molecule has 0 unspecified atom stereocenters. The van der Waals surface area contributed by atoms with Crippen LogP contribution in [0.15, 0.2) is 0 Å². The van der Waals surface area contributed by atoms with E-state index in [9.17, 15) is 20.1 Å². The summed E-state index contributed by atoms with van der Waals surface area (Å²) < 4.78 is 0. The van der Waals surface area contributed by atoms with Crippen LogP contribution in [0.5, 0.6) is 11.5 Å². The third-order valence-corrected chi connectivity index (χ3v) is 2.92. The van der Waals surface area contributed by atoms with Crippen LogP contribution in [0.2, 0.25) is 0 Å². The van der Waals surface area contributed by atoms with Gasteiger partial charge >= 0.3 is 5.97 Å². The summed E-state index contributed by atoms with van der Waals surface area (Å²) in [5.41, 5.74) is 0.113. The Morgan fingerprint density at radius 1 is 1.17 bits per heavy atom. The second-order valence-electron chi connectivity index (χ2n) is 4.15. The number of benzene rings is 1. The van der Waals surface area contributed by atoms with Gasteiger partial charge in [0.2, 0.25) is 0 Å². The van der Waals surface area contributed by atoms with Gasteiger partial charge in [0.15, 0.2) is 0 Å². The highest BCUT2D eigenvalue weighted by atomic mass is 16.4. The van der Waals surface area contributed by atoms with E-state index in [1.165, 1.54) is 13.8 Å². The normalized spacial score (nSPS) is 12.4. The van der Waals surface area contributed by atoms with Crippen molar-refractivity contribution in [2.24, 2.45) is 0 Å². The van der Waals surface area contributed by atoms with Gasteiger partial charge in [0, 0.05) is 12.0 Å². The van der Waals surface area contributed by atoms with Crippen molar-refractivity contribution in [1.82, 2.24) is 0 Å². The molecule has 1 rings (SSSR count). The van der Waals surface area contributed by atoms with Gasteiger partial charge in [0.05, 0.1) is 12.7 Å². The van der Waals surface area contributed by atoms with Crippen molar-refractivity contribution in [3.05, 3.63) is 22.3 Å². The van der Waals surface area contributed by atoms with Crippen LogP contribution in [-0.4, -0.2) is 44.2 Å². The number of carbonyl (C=O) groups is 1. The fourth-order valence-electron chi connectivity index (χ4n) is 1.84. The molecule has 0 saturated heterocycles. The molecule has 0 heterocycles. The number of aromatic carboxylic acids is 1. The molecule has 0 saturated carbocycles. The van der Waals surface area contributed by atoms with Gasteiger partial charge in [-0.3, -0.25) is 0 Å². The Morgan fingerprint density at radius 2 is 1.72 bits per heavy atom. The molecular formula is C12H16O6. The van der Waals surface area contributed by atoms with Gasteiger partial charge in [-0.25, -0.2) is 4.79 Å². The highest BCUT2D eigenvalue weighted by Gasteiger charge is 2.24. The summed E-state index contributed by atoms with van der Waals surface area (Å²) in [6.07, 6.45) is -1.31. The van der Waals surface area contributed by atoms with E-state index in [0.717, 1.165) is 0 Å². The van der Waals surface area contributed by atoms with Gasteiger partial charge in [-0.05, 0) is 25.0 Å². The van der Waals surface area contributed by atoms with Gasteiger partial charge in [0.1, 0.15) is 17.1 Å². The molecule has 0 bridgehead atoms. The first-order valence-electron chi connectivity index (χ1n) is 5.37. The largest absolute Gasteiger partial charge is 0.507 e. The van der Waals surface area contributed by atoms with Crippen LogP contribution in [0.25, 0.3) is 0 Å². The molecule has 0 spiro atoms. The third kappa shape index (κ3) is 2.39. The topological polar surface area (TPSA) is 118 Å². The Hall–Kier alpha value is -1.79. The number of hydrogen-bond acceptors (Lipinski definition) is 5. The smallest absolute Gasteiger partial charge is 0.339 e. The maximum atomic E-state index is 11.1. The summed E-state index contributed by atoms with van der Waals surface area (Å²) >= 11 is 0. The SMILES string of the molecule is Cc1c(O)c(C)c(C[C@@H](O)CO)c(C(=O)O)c1O. The number of carboxylic acid groups (broad SMARTS) is 1. The minimum Gasteiger partial charge on any atom is -0.507 e. The van der Waals surface area contributed by atoms with Gasteiger partial charge < -0.3 is 25.5 Å². The molecule has 0 aliphatic carbocycles. The monoisotopic (exact) mass is 256 g/mol. The predicted octanol–water partition coefficient (Wildman–Crippen LogP) is 0.309. The summed E-state index contributed by atoms with van der Waals surface area (Å²) in [6.45, 7) is 2.36. The van der Waals surface area contributed by atoms with Crippen molar-refractivity contribution in [2.75, 3.05) is 6.61 Å². The summed E-state index contributed by atoms with van der Waals surface area (Å²) in [4.78, 5) is 11.1. The van der Waals surface area contributed by atoms with E-state index in [2.05, 4.69) is 0 Å². The summed E-state index contributed by atoms with van der Waals surface area (Å²) in [6, 6.07) is 0. The molecule has 1 atom stereocenters. The fraction of sp³-hybridized carbons (Fsp3) is 0.417. The minimum atomic E-state index is -1.35. The number of rotatable bonds is 4. The molecule has 0 aliphatic heterocycles. The van der Waals surface area contributed by atoms with E-state index in [1.807, 2.05) is 0 Å². The van der Waals surface area contributed by atoms with Crippen LogP contribution in [-0.2, 0) is 6.42 Å². The second-order valence-corrected chi connectivity index (χ2v) is 4.15. The Bertz CT molecular complexity index is 480. The number of aromatic hydroxyl groups is 2. The first kappa shape index (κ1) is 14.3. The second kappa shape index (κ2) is 5.24. The molecule has 6 heteroatoms. The number of aliphatic hydroxyl groups excluding tert-OH is 2. The van der Waals surface area contributed by atoms with Crippen molar-refractivity contribution in [1.29, 1.82) is 0 Å². The maximum Gasteiger partial charge on any atom is 0.339 e. The van der Waals surface area contributed by atoms with Crippen LogP contribution in [0.4, 0.5) is 0 Å². The van der Waals surface area contributed by atoms with Crippen molar-refractivity contribution >= 4 is 5.97 Å². The molecular weight excluding hydrogens is 240 g/mol. The minimum absolute atomic E-state index is 0.0761. The number of phenolic OH excluding ortho intramolecular Hbond substituents is 1. The van der Waals surface area contributed by atoms with E-state index < -0.39 is 24.4 Å². The predicted molar refractivity (Wildman–Crippen MR) is 63.0 cm³/mol. The molecule has 100 valence electrons. The molecule has 18 heavy (non-hydrogen) atoms. The summed E-state index contributed by atoms with van der Waals surface area (Å²) in [7, 11) is 0. The molecule has 0 aliphatic rings. The van der Waals surface area contributed by atoms with Gasteiger partial charge in [0.25, 0.3) is 0 Å². The highest BCUT2D eigenvalue weighted by Crippen LogP contribution is 2.37. The van der Waals surface area contributed by atoms with E-state index in [-0.39, 0.29) is 34.4 Å². The summed E-state index contributed by atoms with van der Waals surface area (Å²) in [5.74, 6) is -2.08. The maximum absolute atomic E-state index is 11.1. The number of phenols is 2. The molecule has 0 fully saturated rings. The number of carboxylic acids is 1. The lowest BCUT2D eigenvalue weighted by molar-refractivity contribution is 0.0687. The van der Waals surface area contributed by atoms with E-state index in [4.69, 9.17) is 10.2 Å². The first-order chi connectivity index (χ1) is 8.31. The molecule has 1 aromatic rings. The average Bonchev–Trinajstić information content (AvgIpc) is 2.32. The zero-order valence-corrected chi connectivity index (χ0v) is 10.1. The molecule has 1 aromatic carbocycles. The van der Waals surface area contributed by atoms with Gasteiger partial charge in [-0.1, -0.05) is 0 Å². The lowest BCUT2D eigenvalue weighted by Gasteiger charge is -2.17. The molecule has 6 nitrogen and oxygen atoms in total. The fourth-order valence-corrected chi connectivity index (χ4v) is 1.84. The first-order valence-corrected chi connectivity index (χ1v) is 5.37. The van der Waals surface area contributed by atoms with Gasteiger partial charge in [-0.2, -0.15) is 0 Å². The van der Waals surface area contributed by atoms with E-state index in [0.29, 0.717) is 0 Å². The molecule has 0 radical (unpaired) electrons. The van der Waals surface area contributed by atoms with Crippen LogP contribution >= 0.6 is 0 Å². The van der Waals surface area contributed by atoms with Gasteiger partial charge in [-0.15, -0.1) is 0 Å². The quantitative estimate of drug-likeness (QED) is 0.529. The average molecular weight is 256 g/mol. The highest BCUT2D eigenvalue weighted by molar-refractivity contribution is 5.94. The Labute approximate surface area is 104 Å². The molecule has 0 amide bonds. The lowest BCUT2D eigenvalue weighted by Crippen LogP contribution is -2.18. The molecule has 0 aromatic heterocycles. The van der Waals surface area contributed by atoms with Crippen molar-refractivity contribution < 1.29 is 30.3 Å². The summed E-state index contributed by atoms with van der Waals surface area (Å²) in [5, 5.41) is 46.8. The zero-order chi connectivity index (χ0) is 14.0. The van der Waals surface area contributed by atoms with Crippen molar-refractivity contribution in [3.63, 3.8) is 0 Å². The van der Waals surface area contributed by atoms with Crippen LogP contribution < -0.4 is 0 Å². The third-order valence-electron chi connectivity index (χ3n) is 2.92. The van der Waals surface area contributed by atoms with E-state index in [1.54, 1.807) is 0 Å². The van der Waals surface area contributed by atoms with Crippen molar-refractivity contribution in [2.45, 2.75) is 26.4 Å². The number of hydrogen-bond donors (Lipinski definition) is 5. The Kier molecular flexibility index (Phi) is 4.15. The zero-order valence-electron chi connectivity index (χ0n) is 10.1. The lowest BCUT2D eigenvalue weighted by atomic mass is 9.92. The van der Waals surface area contributed by atoms with Crippen molar-refractivity contribution in [3.8, 4) is 11.5 Å². The van der Waals surface area contributed by atoms with Crippen LogP contribution in [0, 0.1) is 13.8 Å². The Morgan fingerprint density at radius 3 is 2.17 bits per heavy atom. The van der Waals surface area contributed by atoms with Crippen LogP contribution in [0.1, 0.15) is 27.0 Å². The van der Waals surface area contributed by atoms with Crippen LogP contribution in [0.3, 0.4) is 0 Å². The Balaban J connectivity index is 3.51.